The summed E-state index contributed by atoms with van der Waals surface area (Å²) in [5.74, 6) is 1.68. The predicted octanol–water partition coefficient (Wildman–Crippen LogP) is -0.806. The van der Waals surface area contributed by atoms with E-state index in [4.69, 9.17) is 15.6 Å². The van der Waals surface area contributed by atoms with Crippen molar-refractivity contribution < 1.29 is 14.6 Å². The quantitative estimate of drug-likeness (QED) is 0.432. The van der Waals surface area contributed by atoms with Crippen LogP contribution in [0.25, 0.3) is 0 Å². The van der Waals surface area contributed by atoms with Gasteiger partial charge in [0.2, 0.25) is 5.91 Å². The van der Waals surface area contributed by atoms with Crippen LogP contribution in [0.15, 0.2) is 0 Å². The maximum Gasteiger partial charge on any atom is 0.246 e. The number of carbonyl (C=O) groups excluding carboxylic acids is 1. The van der Waals surface area contributed by atoms with Crippen molar-refractivity contribution in [2.75, 3.05) is 44.4 Å². The van der Waals surface area contributed by atoms with Gasteiger partial charge >= 0.3 is 0 Å². The predicted molar refractivity (Wildman–Crippen MR) is 61.9 cm³/mol. The fraction of sp³-hybridized carbons (Fsp3) is 0.889. The molecule has 0 aliphatic heterocycles. The van der Waals surface area contributed by atoms with E-state index < -0.39 is 0 Å². The van der Waals surface area contributed by atoms with E-state index in [1.54, 1.807) is 11.8 Å². The first-order valence-electron chi connectivity index (χ1n) is 5.04. The van der Waals surface area contributed by atoms with Crippen LogP contribution in [0.4, 0.5) is 0 Å². The van der Waals surface area contributed by atoms with Gasteiger partial charge in [-0.3, -0.25) is 4.79 Å². The first-order valence-corrected chi connectivity index (χ1v) is 6.20. The average molecular weight is 236 g/mol. The molecule has 0 aliphatic carbocycles. The minimum absolute atomic E-state index is 0.0819. The lowest BCUT2D eigenvalue weighted by Crippen LogP contribution is -2.30. The molecule has 5 nitrogen and oxygen atoms in total. The van der Waals surface area contributed by atoms with E-state index in [0.717, 1.165) is 17.9 Å². The maximum absolute atomic E-state index is 11.1. The summed E-state index contributed by atoms with van der Waals surface area (Å²) < 4.78 is 4.96. The zero-order valence-electron chi connectivity index (χ0n) is 8.91. The molecule has 0 atom stereocenters. The van der Waals surface area contributed by atoms with Crippen LogP contribution in [-0.4, -0.2) is 55.4 Å². The number of aliphatic hydroxyl groups excluding tert-OH is 1. The first-order chi connectivity index (χ1) is 7.31. The lowest BCUT2D eigenvalue weighted by atomic mass is 10.5. The van der Waals surface area contributed by atoms with Gasteiger partial charge in [-0.1, -0.05) is 0 Å². The zero-order valence-corrected chi connectivity index (χ0v) is 9.72. The molecule has 0 saturated carbocycles. The lowest BCUT2D eigenvalue weighted by Gasteiger charge is -2.05. The number of ether oxygens (including phenoxy) is 1. The number of nitrogens with one attached hydrogen (secondary N) is 1. The SMILES string of the molecule is NCCOCC(=O)NCCSCCCO. The van der Waals surface area contributed by atoms with Crippen LogP contribution in [0.3, 0.4) is 0 Å². The molecule has 0 spiro atoms. The largest absolute Gasteiger partial charge is 0.396 e. The Morgan fingerprint density at radius 1 is 1.47 bits per heavy atom. The third-order valence-electron chi connectivity index (χ3n) is 1.51. The Morgan fingerprint density at radius 2 is 2.27 bits per heavy atom. The van der Waals surface area contributed by atoms with Crippen molar-refractivity contribution in [3.8, 4) is 0 Å². The number of amides is 1. The smallest absolute Gasteiger partial charge is 0.246 e. The number of aliphatic hydroxyl groups is 1. The van der Waals surface area contributed by atoms with Crippen LogP contribution < -0.4 is 11.1 Å². The van der Waals surface area contributed by atoms with Gasteiger partial charge in [0.05, 0.1) is 6.61 Å². The van der Waals surface area contributed by atoms with E-state index in [2.05, 4.69) is 5.32 Å². The molecule has 0 bridgehead atoms. The van der Waals surface area contributed by atoms with E-state index in [9.17, 15) is 4.79 Å². The fourth-order valence-corrected chi connectivity index (χ4v) is 1.61. The monoisotopic (exact) mass is 236 g/mol. The maximum atomic E-state index is 11.1. The van der Waals surface area contributed by atoms with E-state index in [-0.39, 0.29) is 19.1 Å². The Kier molecular flexibility index (Phi) is 11.5. The highest BCUT2D eigenvalue weighted by Crippen LogP contribution is 1.99. The molecular weight excluding hydrogens is 216 g/mol. The van der Waals surface area contributed by atoms with Gasteiger partial charge in [0.1, 0.15) is 6.61 Å². The molecule has 0 rings (SSSR count). The summed E-state index contributed by atoms with van der Waals surface area (Å²) >= 11 is 1.71. The van der Waals surface area contributed by atoms with Crippen molar-refractivity contribution in [1.82, 2.24) is 5.32 Å². The molecule has 1 amide bonds. The Balaban J connectivity index is 3.10. The minimum Gasteiger partial charge on any atom is -0.396 e. The fourth-order valence-electron chi connectivity index (χ4n) is 0.831. The molecule has 15 heavy (non-hydrogen) atoms. The van der Waals surface area contributed by atoms with Crippen LogP contribution in [-0.2, 0) is 9.53 Å². The number of hydrogen-bond donors (Lipinski definition) is 3. The summed E-state index contributed by atoms with van der Waals surface area (Å²) in [4.78, 5) is 11.1. The van der Waals surface area contributed by atoms with Crippen LogP contribution >= 0.6 is 11.8 Å². The van der Waals surface area contributed by atoms with Crippen molar-refractivity contribution in [3.63, 3.8) is 0 Å². The Morgan fingerprint density at radius 3 is 2.93 bits per heavy atom. The average Bonchev–Trinajstić information content (AvgIpc) is 2.23. The number of rotatable bonds is 10. The molecule has 90 valence electrons. The van der Waals surface area contributed by atoms with E-state index in [1.165, 1.54) is 0 Å². The van der Waals surface area contributed by atoms with Gasteiger partial charge < -0.3 is 20.9 Å². The van der Waals surface area contributed by atoms with Gasteiger partial charge in [-0.15, -0.1) is 0 Å². The number of thioether (sulfide) groups is 1. The molecule has 0 aliphatic rings. The summed E-state index contributed by atoms with van der Waals surface area (Å²) in [6.07, 6.45) is 0.804. The van der Waals surface area contributed by atoms with Crippen molar-refractivity contribution in [2.45, 2.75) is 6.42 Å². The Hall–Kier alpha value is -0.300. The van der Waals surface area contributed by atoms with Crippen molar-refractivity contribution in [1.29, 1.82) is 0 Å². The van der Waals surface area contributed by atoms with E-state index in [0.29, 0.717) is 19.7 Å². The highest BCUT2D eigenvalue weighted by atomic mass is 32.2. The van der Waals surface area contributed by atoms with Gasteiger partial charge in [-0.05, 0) is 12.2 Å². The van der Waals surface area contributed by atoms with Gasteiger partial charge in [-0.2, -0.15) is 11.8 Å². The molecule has 4 N–H and O–H groups in total. The third kappa shape index (κ3) is 11.6. The summed E-state index contributed by atoms with van der Waals surface area (Å²) in [5, 5.41) is 11.3. The van der Waals surface area contributed by atoms with E-state index >= 15 is 0 Å². The number of hydrogen-bond acceptors (Lipinski definition) is 5. The summed E-state index contributed by atoms with van der Waals surface area (Å²) in [5.41, 5.74) is 5.20. The molecule has 0 aromatic carbocycles. The van der Waals surface area contributed by atoms with Gasteiger partial charge in [0, 0.05) is 25.4 Å². The summed E-state index contributed by atoms with van der Waals surface area (Å²) in [7, 11) is 0. The second-order valence-corrected chi connectivity index (χ2v) is 4.11. The first kappa shape index (κ1) is 14.7. The second-order valence-electron chi connectivity index (χ2n) is 2.88. The second kappa shape index (κ2) is 11.8. The molecule has 6 heteroatoms. The highest BCUT2D eigenvalue weighted by molar-refractivity contribution is 7.99. The minimum atomic E-state index is -0.105. The summed E-state index contributed by atoms with van der Waals surface area (Å²) in [6, 6.07) is 0. The topological polar surface area (TPSA) is 84.6 Å². The van der Waals surface area contributed by atoms with Crippen molar-refractivity contribution >= 4 is 17.7 Å². The Labute approximate surface area is 94.7 Å². The van der Waals surface area contributed by atoms with E-state index in [1.807, 2.05) is 0 Å². The van der Waals surface area contributed by atoms with Crippen molar-refractivity contribution in [3.05, 3.63) is 0 Å². The highest BCUT2D eigenvalue weighted by Gasteiger charge is 1.99. The number of carbonyl (C=O) groups is 1. The number of nitrogens with two attached hydrogens (primary N) is 1. The molecular formula is C9H20N2O3S. The lowest BCUT2D eigenvalue weighted by molar-refractivity contribution is -0.125. The van der Waals surface area contributed by atoms with Gasteiger partial charge in [0.15, 0.2) is 0 Å². The van der Waals surface area contributed by atoms with Crippen molar-refractivity contribution in [2.24, 2.45) is 5.73 Å². The molecule has 0 aromatic rings. The van der Waals surface area contributed by atoms with Gasteiger partial charge in [-0.25, -0.2) is 0 Å². The van der Waals surface area contributed by atoms with Crippen LogP contribution in [0.1, 0.15) is 6.42 Å². The molecule has 0 saturated heterocycles. The molecule has 0 unspecified atom stereocenters. The molecule has 0 heterocycles. The van der Waals surface area contributed by atoms with Gasteiger partial charge in [0.25, 0.3) is 0 Å². The standard InChI is InChI=1S/C9H20N2O3S/c10-2-5-14-8-9(13)11-3-7-15-6-1-4-12/h12H,1-8,10H2,(H,11,13). The molecule has 0 fully saturated rings. The van der Waals surface area contributed by atoms with Crippen LogP contribution in [0.5, 0.6) is 0 Å². The van der Waals surface area contributed by atoms with Crippen LogP contribution in [0, 0.1) is 0 Å². The normalized spacial score (nSPS) is 10.3. The van der Waals surface area contributed by atoms with Crippen LogP contribution in [0.2, 0.25) is 0 Å². The third-order valence-corrected chi connectivity index (χ3v) is 2.58. The zero-order chi connectivity index (χ0) is 11.4. The summed E-state index contributed by atoms with van der Waals surface area (Å²) in [6.45, 7) is 1.80. The molecule has 0 radical (unpaired) electrons. The molecule has 0 aromatic heterocycles. The Bertz CT molecular complexity index is 158.